The molecule has 4 nitrogen and oxygen atoms in total. The third-order valence-electron chi connectivity index (χ3n) is 6.09. The monoisotopic (exact) mass is 420 g/mol. The van der Waals surface area contributed by atoms with Crippen LogP contribution in [0.5, 0.6) is 0 Å². The summed E-state index contributed by atoms with van der Waals surface area (Å²) >= 11 is 1.46. The highest BCUT2D eigenvalue weighted by atomic mass is 32.2. The number of hydrogen-bond donors (Lipinski definition) is 1. The Bertz CT molecular complexity index is 1010. The van der Waals surface area contributed by atoms with Gasteiger partial charge in [0.05, 0.1) is 10.6 Å². The lowest BCUT2D eigenvalue weighted by molar-refractivity contribution is -0.114. The number of carbonyl (C=O) groups excluding carboxylic acids is 2. The van der Waals surface area contributed by atoms with Gasteiger partial charge in [-0.05, 0) is 55.5 Å². The van der Waals surface area contributed by atoms with Gasteiger partial charge in [0, 0.05) is 23.5 Å². The maximum absolute atomic E-state index is 13.0. The average molecular weight is 421 g/mol. The van der Waals surface area contributed by atoms with Crippen molar-refractivity contribution < 1.29 is 9.59 Å². The van der Waals surface area contributed by atoms with E-state index < -0.39 is 0 Å². The van der Waals surface area contributed by atoms with Gasteiger partial charge in [-0.25, -0.2) is 0 Å². The maximum atomic E-state index is 13.0. The lowest BCUT2D eigenvalue weighted by Gasteiger charge is -2.30. The SMILES string of the molecule is Cc1cccc(/C=C2\Sc3ccc(C(=O)N[C@@H]4CCCC[C@@H]4C)cc3N(C)C2=O)c1. The average Bonchev–Trinajstić information content (AvgIpc) is 2.73. The molecule has 30 heavy (non-hydrogen) atoms. The van der Waals surface area contributed by atoms with Crippen LogP contribution in [-0.2, 0) is 4.79 Å². The standard InChI is InChI=1S/C25H28N2O2S/c1-16-7-6-9-18(13-16)14-23-25(29)27(3)21-15-19(11-12-22(21)30-23)24(28)26-20-10-5-4-8-17(20)2/h6-7,9,11-15,17,20H,4-5,8,10H2,1-3H3,(H,26,28)/b23-14-/t17-,20+/m0/s1. The van der Waals surface area contributed by atoms with E-state index in [-0.39, 0.29) is 17.9 Å². The van der Waals surface area contributed by atoms with E-state index >= 15 is 0 Å². The van der Waals surface area contributed by atoms with Crippen molar-refractivity contribution in [2.45, 2.75) is 50.5 Å². The zero-order valence-electron chi connectivity index (χ0n) is 17.8. The van der Waals surface area contributed by atoms with Crippen molar-refractivity contribution in [3.05, 3.63) is 64.1 Å². The van der Waals surface area contributed by atoms with E-state index in [0.717, 1.165) is 28.1 Å². The number of nitrogens with zero attached hydrogens (tertiary/aromatic N) is 1. The van der Waals surface area contributed by atoms with Gasteiger partial charge in [0.2, 0.25) is 0 Å². The molecule has 2 amide bonds. The normalized spacial score (nSPS) is 22.7. The van der Waals surface area contributed by atoms with Crippen LogP contribution in [0.3, 0.4) is 0 Å². The predicted octanol–water partition coefficient (Wildman–Crippen LogP) is 5.41. The second kappa shape index (κ2) is 8.68. The predicted molar refractivity (Wildman–Crippen MR) is 124 cm³/mol. The van der Waals surface area contributed by atoms with E-state index in [9.17, 15) is 9.59 Å². The summed E-state index contributed by atoms with van der Waals surface area (Å²) in [4.78, 5) is 29.1. The Morgan fingerprint density at radius 2 is 1.97 bits per heavy atom. The topological polar surface area (TPSA) is 49.4 Å². The van der Waals surface area contributed by atoms with Gasteiger partial charge < -0.3 is 10.2 Å². The summed E-state index contributed by atoms with van der Waals surface area (Å²) in [5.41, 5.74) is 3.57. The molecule has 0 spiro atoms. The number of likely N-dealkylation sites (N-methyl/N-ethyl adjacent to an activating group) is 1. The molecule has 2 aliphatic rings. The summed E-state index contributed by atoms with van der Waals surface area (Å²) in [6.07, 6.45) is 6.56. The second-order valence-corrected chi connectivity index (χ2v) is 9.50. The molecule has 0 aromatic heterocycles. The molecule has 2 aromatic carbocycles. The number of carbonyl (C=O) groups is 2. The smallest absolute Gasteiger partial charge is 0.264 e. The molecule has 156 valence electrons. The first-order valence-electron chi connectivity index (χ1n) is 10.6. The largest absolute Gasteiger partial charge is 0.349 e. The number of amides is 2. The Hall–Kier alpha value is -2.53. The Labute approximate surface area is 182 Å². The summed E-state index contributed by atoms with van der Waals surface area (Å²) in [6, 6.07) is 14.0. The minimum Gasteiger partial charge on any atom is -0.349 e. The van der Waals surface area contributed by atoms with Crippen LogP contribution >= 0.6 is 11.8 Å². The lowest BCUT2D eigenvalue weighted by Crippen LogP contribution is -2.41. The lowest BCUT2D eigenvalue weighted by atomic mass is 9.86. The molecule has 0 unspecified atom stereocenters. The van der Waals surface area contributed by atoms with Crippen LogP contribution in [0, 0.1) is 12.8 Å². The van der Waals surface area contributed by atoms with Gasteiger partial charge in [0.25, 0.3) is 11.8 Å². The van der Waals surface area contributed by atoms with Gasteiger partial charge in [0.1, 0.15) is 0 Å². The number of hydrogen-bond acceptors (Lipinski definition) is 3. The molecule has 1 aliphatic heterocycles. The van der Waals surface area contributed by atoms with E-state index in [1.165, 1.54) is 31.0 Å². The third kappa shape index (κ3) is 4.31. The molecule has 0 radical (unpaired) electrons. The van der Waals surface area contributed by atoms with Crippen molar-refractivity contribution in [1.29, 1.82) is 0 Å². The number of anilines is 1. The van der Waals surface area contributed by atoms with Gasteiger partial charge in [-0.15, -0.1) is 0 Å². The van der Waals surface area contributed by atoms with Gasteiger partial charge in [-0.2, -0.15) is 0 Å². The Morgan fingerprint density at radius 1 is 1.17 bits per heavy atom. The van der Waals surface area contributed by atoms with Crippen molar-refractivity contribution >= 4 is 35.3 Å². The van der Waals surface area contributed by atoms with E-state index in [4.69, 9.17) is 0 Å². The molecule has 1 fully saturated rings. The van der Waals surface area contributed by atoms with Crippen LogP contribution in [0.25, 0.3) is 6.08 Å². The van der Waals surface area contributed by atoms with Crippen LogP contribution in [0.4, 0.5) is 5.69 Å². The molecule has 2 aromatic rings. The highest BCUT2D eigenvalue weighted by Gasteiger charge is 2.28. The molecule has 4 rings (SSSR count). The van der Waals surface area contributed by atoms with Crippen molar-refractivity contribution in [2.75, 3.05) is 11.9 Å². The molecule has 1 heterocycles. The quantitative estimate of drug-likeness (QED) is 0.675. The molecular weight excluding hydrogens is 392 g/mol. The molecule has 2 atom stereocenters. The molecular formula is C25H28N2O2S. The maximum Gasteiger partial charge on any atom is 0.264 e. The number of benzene rings is 2. The van der Waals surface area contributed by atoms with Gasteiger partial charge >= 0.3 is 0 Å². The molecule has 0 bridgehead atoms. The van der Waals surface area contributed by atoms with Crippen LogP contribution < -0.4 is 10.2 Å². The number of thioether (sulfide) groups is 1. The molecule has 5 heteroatoms. The van der Waals surface area contributed by atoms with Crippen LogP contribution in [-0.4, -0.2) is 24.9 Å². The van der Waals surface area contributed by atoms with Crippen LogP contribution in [0.2, 0.25) is 0 Å². The summed E-state index contributed by atoms with van der Waals surface area (Å²) < 4.78 is 0. The van der Waals surface area contributed by atoms with Crippen LogP contribution in [0.15, 0.2) is 52.3 Å². The molecule has 1 N–H and O–H groups in total. The van der Waals surface area contributed by atoms with Crippen LogP contribution in [0.1, 0.15) is 54.1 Å². The van der Waals surface area contributed by atoms with E-state index in [2.05, 4.69) is 18.3 Å². The minimum absolute atomic E-state index is 0.0486. The first-order chi connectivity index (χ1) is 14.4. The number of rotatable bonds is 3. The van der Waals surface area contributed by atoms with Gasteiger partial charge in [0.15, 0.2) is 0 Å². The number of fused-ring (bicyclic) bond motifs is 1. The first-order valence-corrected chi connectivity index (χ1v) is 11.4. The fraction of sp³-hybridized carbons (Fsp3) is 0.360. The van der Waals surface area contributed by atoms with Crippen molar-refractivity contribution in [1.82, 2.24) is 5.32 Å². The van der Waals surface area contributed by atoms with Crippen molar-refractivity contribution in [2.24, 2.45) is 5.92 Å². The Kier molecular flexibility index (Phi) is 6.00. The minimum atomic E-state index is -0.0523. The Balaban J connectivity index is 1.56. The Morgan fingerprint density at radius 3 is 2.73 bits per heavy atom. The number of nitrogens with one attached hydrogen (secondary N) is 1. The summed E-state index contributed by atoms with van der Waals surface area (Å²) in [5, 5.41) is 3.20. The summed E-state index contributed by atoms with van der Waals surface area (Å²) in [5.74, 6) is 0.408. The van der Waals surface area contributed by atoms with Crippen molar-refractivity contribution in [3.8, 4) is 0 Å². The summed E-state index contributed by atoms with van der Waals surface area (Å²) in [7, 11) is 1.77. The van der Waals surface area contributed by atoms with Gasteiger partial charge in [-0.3, -0.25) is 9.59 Å². The molecule has 0 saturated heterocycles. The zero-order valence-corrected chi connectivity index (χ0v) is 18.6. The van der Waals surface area contributed by atoms with Crippen molar-refractivity contribution in [3.63, 3.8) is 0 Å². The van der Waals surface area contributed by atoms with E-state index in [0.29, 0.717) is 16.4 Å². The fourth-order valence-corrected chi connectivity index (χ4v) is 5.32. The fourth-order valence-electron chi connectivity index (χ4n) is 4.23. The second-order valence-electron chi connectivity index (χ2n) is 8.41. The van der Waals surface area contributed by atoms with Gasteiger partial charge in [-0.1, -0.05) is 61.4 Å². The van der Waals surface area contributed by atoms with E-state index in [1.807, 2.05) is 49.4 Å². The highest BCUT2D eigenvalue weighted by molar-refractivity contribution is 8.04. The highest BCUT2D eigenvalue weighted by Crippen LogP contribution is 2.42. The number of aryl methyl sites for hydroxylation is 1. The first kappa shape index (κ1) is 20.7. The third-order valence-corrected chi connectivity index (χ3v) is 7.16. The molecule has 1 saturated carbocycles. The zero-order chi connectivity index (χ0) is 21.3. The summed E-state index contributed by atoms with van der Waals surface area (Å²) in [6.45, 7) is 4.25. The molecule has 1 aliphatic carbocycles. The van der Waals surface area contributed by atoms with E-state index in [1.54, 1.807) is 11.9 Å².